The zero-order valence-electron chi connectivity index (χ0n) is 17.8. The fraction of sp³-hybridized carbons (Fsp3) is 0.136. The summed E-state index contributed by atoms with van der Waals surface area (Å²) in [5.41, 5.74) is 6.33. The van der Waals surface area contributed by atoms with Gasteiger partial charge in [0, 0.05) is 0 Å². The predicted octanol–water partition coefficient (Wildman–Crippen LogP) is 2.31. The molecule has 0 atom stereocenters. The number of aromatic nitrogens is 2. The lowest BCUT2D eigenvalue weighted by atomic mass is 10.1. The molecule has 0 aliphatic rings. The molecule has 34 heavy (non-hydrogen) atoms. The van der Waals surface area contributed by atoms with Gasteiger partial charge >= 0.3 is 10.1 Å². The van der Waals surface area contributed by atoms with Crippen LogP contribution in [-0.4, -0.2) is 37.0 Å². The molecule has 12 heteroatoms. The number of aliphatic hydroxyl groups excluding tert-OH is 1. The number of anilines is 1. The molecule has 0 radical (unpaired) electrons. The number of nitrogens with two attached hydrogens (primary N) is 1. The standard InChI is InChI=1S/C22H18FN5O5S/c1-32-20-11-14(2-7-19(20)33-34(30,31)17-5-3-16(23)4-6-17)10-15(12-24)21-18(13-25)22(26)28(27-21)8-9-29/h2-7,10-11,29H,8-9,26H2,1H3. The summed E-state index contributed by atoms with van der Waals surface area (Å²) in [6, 6.07) is 12.2. The maximum absolute atomic E-state index is 13.1. The molecule has 3 rings (SSSR count). The summed E-state index contributed by atoms with van der Waals surface area (Å²) in [6.07, 6.45) is 1.41. The third-order valence-corrected chi connectivity index (χ3v) is 5.84. The highest BCUT2D eigenvalue weighted by atomic mass is 32.2. The minimum absolute atomic E-state index is 0.00888. The number of nitrogen functional groups attached to an aromatic ring is 1. The van der Waals surface area contributed by atoms with Crippen LogP contribution in [0.15, 0.2) is 47.4 Å². The molecular weight excluding hydrogens is 465 g/mol. The van der Waals surface area contributed by atoms with Crippen LogP contribution in [0.3, 0.4) is 0 Å². The van der Waals surface area contributed by atoms with Crippen LogP contribution in [0.5, 0.6) is 11.5 Å². The Morgan fingerprint density at radius 2 is 1.94 bits per heavy atom. The van der Waals surface area contributed by atoms with Crippen LogP contribution in [0.4, 0.5) is 10.2 Å². The number of nitriles is 2. The monoisotopic (exact) mass is 483 g/mol. The molecule has 0 saturated heterocycles. The first-order valence-corrected chi connectivity index (χ1v) is 11.0. The molecule has 10 nitrogen and oxygen atoms in total. The lowest BCUT2D eigenvalue weighted by Gasteiger charge is -2.11. The zero-order chi connectivity index (χ0) is 24.9. The van der Waals surface area contributed by atoms with Gasteiger partial charge in [0.05, 0.1) is 25.8 Å². The Morgan fingerprint density at radius 3 is 2.53 bits per heavy atom. The van der Waals surface area contributed by atoms with Crippen LogP contribution in [0, 0.1) is 28.5 Å². The molecule has 0 saturated carbocycles. The van der Waals surface area contributed by atoms with Crippen LogP contribution in [0.2, 0.25) is 0 Å². The number of nitrogens with zero attached hydrogens (tertiary/aromatic N) is 4. The van der Waals surface area contributed by atoms with Gasteiger partial charge < -0.3 is 19.8 Å². The van der Waals surface area contributed by atoms with Gasteiger partial charge in [-0.25, -0.2) is 9.07 Å². The third-order valence-electron chi connectivity index (χ3n) is 4.59. The Morgan fingerprint density at radius 1 is 1.24 bits per heavy atom. The summed E-state index contributed by atoms with van der Waals surface area (Å²) in [4.78, 5) is -0.244. The highest BCUT2D eigenvalue weighted by molar-refractivity contribution is 7.87. The lowest BCUT2D eigenvalue weighted by Crippen LogP contribution is -2.10. The maximum atomic E-state index is 13.1. The number of aliphatic hydroxyl groups is 1. The molecule has 0 bridgehead atoms. The molecule has 1 heterocycles. The molecule has 0 unspecified atom stereocenters. The number of allylic oxidation sites excluding steroid dienone is 1. The van der Waals surface area contributed by atoms with E-state index >= 15 is 0 Å². The Labute approximate surface area is 194 Å². The largest absolute Gasteiger partial charge is 0.493 e. The second-order valence-electron chi connectivity index (χ2n) is 6.74. The molecule has 174 valence electrons. The first-order valence-electron chi connectivity index (χ1n) is 9.61. The molecule has 0 aliphatic carbocycles. The number of halogens is 1. The second kappa shape index (κ2) is 10.0. The van der Waals surface area contributed by atoms with Crippen LogP contribution in [0.1, 0.15) is 16.8 Å². The van der Waals surface area contributed by atoms with E-state index in [1.54, 1.807) is 0 Å². The van der Waals surface area contributed by atoms with E-state index < -0.39 is 15.9 Å². The van der Waals surface area contributed by atoms with Crippen molar-refractivity contribution in [3.8, 4) is 23.6 Å². The van der Waals surface area contributed by atoms with Gasteiger partial charge in [-0.15, -0.1) is 0 Å². The van der Waals surface area contributed by atoms with Crippen LogP contribution < -0.4 is 14.7 Å². The topological polar surface area (TPSA) is 164 Å². The first-order chi connectivity index (χ1) is 16.2. The Bertz CT molecular complexity index is 1430. The molecule has 0 spiro atoms. The van der Waals surface area contributed by atoms with E-state index in [9.17, 15) is 23.3 Å². The van der Waals surface area contributed by atoms with Gasteiger partial charge in [0.2, 0.25) is 0 Å². The minimum atomic E-state index is -4.26. The van der Waals surface area contributed by atoms with Crippen molar-refractivity contribution in [2.75, 3.05) is 19.5 Å². The van der Waals surface area contributed by atoms with E-state index in [1.165, 1.54) is 36.1 Å². The van der Waals surface area contributed by atoms with Crippen molar-refractivity contribution in [3.05, 3.63) is 65.1 Å². The normalized spacial score (nSPS) is 11.5. The summed E-state index contributed by atoms with van der Waals surface area (Å²) >= 11 is 0. The highest BCUT2D eigenvalue weighted by Crippen LogP contribution is 2.32. The summed E-state index contributed by atoms with van der Waals surface area (Å²) in [5.74, 6) is -0.664. The number of hydrogen-bond acceptors (Lipinski definition) is 9. The summed E-state index contributed by atoms with van der Waals surface area (Å²) in [7, 11) is -2.96. The van der Waals surface area contributed by atoms with E-state index in [4.69, 9.17) is 19.8 Å². The van der Waals surface area contributed by atoms with Crippen molar-refractivity contribution in [3.63, 3.8) is 0 Å². The highest BCUT2D eigenvalue weighted by Gasteiger charge is 2.21. The van der Waals surface area contributed by atoms with Crippen molar-refractivity contribution in [1.82, 2.24) is 9.78 Å². The van der Waals surface area contributed by atoms with Crippen LogP contribution in [0.25, 0.3) is 11.6 Å². The summed E-state index contributed by atoms with van der Waals surface area (Å²) < 4.78 is 49.7. The molecule has 3 N–H and O–H groups in total. The van der Waals surface area contributed by atoms with E-state index in [-0.39, 0.29) is 52.2 Å². The average molecular weight is 483 g/mol. The van der Waals surface area contributed by atoms with E-state index in [2.05, 4.69) is 5.10 Å². The van der Waals surface area contributed by atoms with Gasteiger partial charge in [-0.2, -0.15) is 24.0 Å². The molecule has 3 aromatic rings. The van der Waals surface area contributed by atoms with Gasteiger partial charge in [-0.3, -0.25) is 0 Å². The number of rotatable bonds is 8. The molecule has 1 aromatic heterocycles. The van der Waals surface area contributed by atoms with Gasteiger partial charge in [0.15, 0.2) is 11.5 Å². The van der Waals surface area contributed by atoms with Gasteiger partial charge in [-0.1, -0.05) is 6.07 Å². The quantitative estimate of drug-likeness (QED) is 0.361. The number of methoxy groups -OCH3 is 1. The number of hydrogen-bond donors (Lipinski definition) is 2. The van der Waals surface area contributed by atoms with Crippen LogP contribution >= 0.6 is 0 Å². The number of ether oxygens (including phenoxy) is 1. The van der Waals surface area contributed by atoms with Crippen LogP contribution in [-0.2, 0) is 16.7 Å². The van der Waals surface area contributed by atoms with Gasteiger partial charge in [-0.05, 0) is 48.0 Å². The zero-order valence-corrected chi connectivity index (χ0v) is 18.6. The molecule has 0 aliphatic heterocycles. The van der Waals surface area contributed by atoms with Crippen molar-refractivity contribution in [2.24, 2.45) is 0 Å². The summed E-state index contributed by atoms with van der Waals surface area (Å²) in [6.45, 7) is -0.219. The molecule has 2 aromatic carbocycles. The van der Waals surface area contributed by atoms with Crippen molar-refractivity contribution < 1.29 is 26.8 Å². The second-order valence-corrected chi connectivity index (χ2v) is 8.29. The Balaban J connectivity index is 1.98. The van der Waals surface area contributed by atoms with Crippen molar-refractivity contribution >= 4 is 27.6 Å². The smallest absolute Gasteiger partial charge is 0.339 e. The van der Waals surface area contributed by atoms with E-state index in [0.717, 1.165) is 24.3 Å². The molecule has 0 fully saturated rings. The molecule has 0 amide bonds. The van der Waals surface area contributed by atoms with E-state index in [0.29, 0.717) is 5.56 Å². The average Bonchev–Trinajstić information content (AvgIpc) is 3.13. The Kier molecular flexibility index (Phi) is 7.16. The SMILES string of the molecule is COc1cc(C=C(C#N)c2nn(CCO)c(N)c2C#N)ccc1OS(=O)(=O)c1ccc(F)cc1. The van der Waals surface area contributed by atoms with Crippen molar-refractivity contribution in [2.45, 2.75) is 11.4 Å². The maximum Gasteiger partial charge on any atom is 0.339 e. The lowest BCUT2D eigenvalue weighted by molar-refractivity contribution is 0.270. The van der Waals surface area contributed by atoms with Gasteiger partial charge in [0.25, 0.3) is 0 Å². The predicted molar refractivity (Wildman–Crippen MR) is 119 cm³/mol. The fourth-order valence-electron chi connectivity index (χ4n) is 2.97. The van der Waals surface area contributed by atoms with Gasteiger partial charge in [0.1, 0.15) is 39.9 Å². The third kappa shape index (κ3) is 4.99. The van der Waals surface area contributed by atoms with Crippen molar-refractivity contribution in [1.29, 1.82) is 10.5 Å². The molecular formula is C22H18FN5O5S. The summed E-state index contributed by atoms with van der Waals surface area (Å²) in [5, 5.41) is 32.3. The number of benzene rings is 2. The van der Waals surface area contributed by atoms with E-state index in [1.807, 2.05) is 12.1 Å². The minimum Gasteiger partial charge on any atom is -0.493 e. The first kappa shape index (κ1) is 24.3. The fourth-order valence-corrected chi connectivity index (χ4v) is 3.91. The Hall–Kier alpha value is -4.39.